The average Bonchev–Trinajstić information content (AvgIpc) is 2.59. The van der Waals surface area contributed by atoms with E-state index in [0.717, 1.165) is 38.1 Å². The molecule has 0 unspecified atom stereocenters. The summed E-state index contributed by atoms with van der Waals surface area (Å²) in [7, 11) is 1.73. The predicted molar refractivity (Wildman–Crippen MR) is 96.1 cm³/mol. The third-order valence-corrected chi connectivity index (χ3v) is 4.88. The molecule has 0 bridgehead atoms. The Bertz CT molecular complexity index is 427. The van der Waals surface area contributed by atoms with Crippen LogP contribution < -0.4 is 4.74 Å². The van der Waals surface area contributed by atoms with E-state index in [1.54, 1.807) is 7.11 Å². The maximum Gasteiger partial charge on any atom is 0.119 e. The van der Waals surface area contributed by atoms with E-state index < -0.39 is 0 Å². The summed E-state index contributed by atoms with van der Waals surface area (Å²) in [5.74, 6) is 0.965. The molecule has 0 saturated carbocycles. The number of ether oxygens (including phenoxy) is 1. The van der Waals surface area contributed by atoms with E-state index in [0.29, 0.717) is 0 Å². The zero-order valence-corrected chi connectivity index (χ0v) is 14.7. The molecule has 1 aliphatic heterocycles. The lowest BCUT2D eigenvalue weighted by Crippen LogP contribution is -2.36. The van der Waals surface area contributed by atoms with Gasteiger partial charge in [0.05, 0.1) is 13.2 Å². The maximum atomic E-state index is 9.50. The summed E-state index contributed by atoms with van der Waals surface area (Å²) in [5, 5.41) is 9.50. The minimum absolute atomic E-state index is 0.0455. The molecular weight excluding hydrogens is 286 g/mol. The Labute approximate surface area is 141 Å². The van der Waals surface area contributed by atoms with Crippen molar-refractivity contribution in [2.24, 2.45) is 0 Å². The first-order chi connectivity index (χ1) is 11.3. The SMILES string of the molecule is COc1cccc(CCCCCCCCN2CCC(O)CC2)c1. The molecule has 3 heteroatoms. The van der Waals surface area contributed by atoms with Crippen LogP contribution in [0, 0.1) is 0 Å². The van der Waals surface area contributed by atoms with Crippen molar-refractivity contribution < 1.29 is 9.84 Å². The summed E-state index contributed by atoms with van der Waals surface area (Å²) in [6.45, 7) is 3.39. The van der Waals surface area contributed by atoms with Crippen LogP contribution in [-0.2, 0) is 6.42 Å². The van der Waals surface area contributed by atoms with Gasteiger partial charge in [0, 0.05) is 13.1 Å². The Balaban J connectivity index is 1.43. The van der Waals surface area contributed by atoms with Gasteiger partial charge in [0.25, 0.3) is 0 Å². The molecular formula is C20H33NO2. The minimum atomic E-state index is -0.0455. The maximum absolute atomic E-state index is 9.50. The number of benzene rings is 1. The molecule has 130 valence electrons. The van der Waals surface area contributed by atoms with Gasteiger partial charge in [0.2, 0.25) is 0 Å². The standard InChI is InChI=1S/C20H33NO2/c1-23-20-11-8-10-18(17-20)9-6-4-2-3-5-7-14-21-15-12-19(22)13-16-21/h8,10-11,17,19,22H,2-7,9,12-16H2,1H3. The number of unbranched alkanes of at least 4 members (excludes halogenated alkanes) is 5. The number of hydrogen-bond acceptors (Lipinski definition) is 3. The lowest BCUT2D eigenvalue weighted by Gasteiger charge is -2.29. The zero-order chi connectivity index (χ0) is 16.3. The highest BCUT2D eigenvalue weighted by atomic mass is 16.5. The minimum Gasteiger partial charge on any atom is -0.497 e. The normalized spacial score (nSPS) is 16.6. The Hall–Kier alpha value is -1.06. The van der Waals surface area contributed by atoms with Crippen molar-refractivity contribution in [2.75, 3.05) is 26.7 Å². The molecule has 1 saturated heterocycles. The highest BCUT2D eigenvalue weighted by Gasteiger charge is 2.15. The molecule has 0 atom stereocenters. The van der Waals surface area contributed by atoms with Crippen molar-refractivity contribution in [1.82, 2.24) is 4.90 Å². The van der Waals surface area contributed by atoms with Gasteiger partial charge in [0.1, 0.15) is 5.75 Å². The zero-order valence-electron chi connectivity index (χ0n) is 14.7. The van der Waals surface area contributed by atoms with Crippen molar-refractivity contribution in [3.05, 3.63) is 29.8 Å². The van der Waals surface area contributed by atoms with Crippen LogP contribution in [0.1, 0.15) is 56.9 Å². The quantitative estimate of drug-likeness (QED) is 0.661. The second-order valence-corrected chi connectivity index (χ2v) is 6.80. The number of likely N-dealkylation sites (tertiary alicyclic amines) is 1. The summed E-state index contributed by atoms with van der Waals surface area (Å²) in [5.41, 5.74) is 1.39. The van der Waals surface area contributed by atoms with E-state index in [1.807, 2.05) is 6.07 Å². The molecule has 1 aromatic carbocycles. The smallest absolute Gasteiger partial charge is 0.119 e. The fraction of sp³-hybridized carbons (Fsp3) is 0.700. The van der Waals surface area contributed by atoms with Gasteiger partial charge in [-0.25, -0.2) is 0 Å². The predicted octanol–water partition coefficient (Wildman–Crippen LogP) is 4.04. The van der Waals surface area contributed by atoms with Crippen LogP contribution in [0.15, 0.2) is 24.3 Å². The van der Waals surface area contributed by atoms with Crippen molar-refractivity contribution in [3.63, 3.8) is 0 Å². The topological polar surface area (TPSA) is 32.7 Å². The Kier molecular flexibility index (Phi) is 8.48. The number of rotatable bonds is 10. The van der Waals surface area contributed by atoms with Gasteiger partial charge in [0.15, 0.2) is 0 Å². The van der Waals surface area contributed by atoms with Crippen LogP contribution in [0.2, 0.25) is 0 Å². The van der Waals surface area contributed by atoms with Crippen molar-refractivity contribution in [2.45, 2.75) is 63.9 Å². The Morgan fingerprint density at radius 3 is 2.48 bits per heavy atom. The summed E-state index contributed by atoms with van der Waals surface area (Å²) in [4.78, 5) is 2.51. The van der Waals surface area contributed by atoms with E-state index in [4.69, 9.17) is 4.74 Å². The molecule has 1 aliphatic rings. The van der Waals surface area contributed by atoms with Gasteiger partial charge in [-0.15, -0.1) is 0 Å². The van der Waals surface area contributed by atoms with Gasteiger partial charge in [-0.3, -0.25) is 0 Å². The van der Waals surface area contributed by atoms with E-state index in [9.17, 15) is 5.11 Å². The molecule has 1 aromatic rings. The third-order valence-electron chi connectivity index (χ3n) is 4.88. The van der Waals surface area contributed by atoms with Crippen LogP contribution in [0.25, 0.3) is 0 Å². The van der Waals surface area contributed by atoms with Crippen molar-refractivity contribution >= 4 is 0 Å². The molecule has 2 rings (SSSR count). The van der Waals surface area contributed by atoms with Crippen LogP contribution in [0.5, 0.6) is 5.75 Å². The first kappa shape index (κ1) is 18.3. The summed E-state index contributed by atoms with van der Waals surface area (Å²) >= 11 is 0. The lowest BCUT2D eigenvalue weighted by molar-refractivity contribution is 0.0817. The van der Waals surface area contributed by atoms with E-state index in [1.165, 1.54) is 50.6 Å². The molecule has 0 spiro atoms. The number of piperidine rings is 1. The fourth-order valence-electron chi connectivity index (χ4n) is 3.34. The number of aliphatic hydroxyl groups excluding tert-OH is 1. The monoisotopic (exact) mass is 319 g/mol. The molecule has 1 fully saturated rings. The average molecular weight is 319 g/mol. The van der Waals surface area contributed by atoms with Crippen LogP contribution >= 0.6 is 0 Å². The van der Waals surface area contributed by atoms with Gasteiger partial charge in [-0.2, -0.15) is 0 Å². The van der Waals surface area contributed by atoms with Crippen LogP contribution in [0.4, 0.5) is 0 Å². The largest absolute Gasteiger partial charge is 0.497 e. The molecule has 3 nitrogen and oxygen atoms in total. The number of aliphatic hydroxyl groups is 1. The van der Waals surface area contributed by atoms with E-state index in [2.05, 4.69) is 23.1 Å². The number of hydrogen-bond donors (Lipinski definition) is 1. The fourth-order valence-corrected chi connectivity index (χ4v) is 3.34. The summed E-state index contributed by atoms with van der Waals surface area (Å²) in [6, 6.07) is 8.42. The van der Waals surface area contributed by atoms with Gasteiger partial charge in [-0.05, 0) is 56.3 Å². The van der Waals surface area contributed by atoms with E-state index in [-0.39, 0.29) is 6.10 Å². The second kappa shape index (κ2) is 10.7. The third kappa shape index (κ3) is 7.36. The number of methoxy groups -OCH3 is 1. The number of aryl methyl sites for hydroxylation is 1. The highest BCUT2D eigenvalue weighted by Crippen LogP contribution is 2.16. The molecule has 0 aromatic heterocycles. The van der Waals surface area contributed by atoms with Gasteiger partial charge >= 0.3 is 0 Å². The Morgan fingerprint density at radius 1 is 1.04 bits per heavy atom. The first-order valence-electron chi connectivity index (χ1n) is 9.31. The van der Waals surface area contributed by atoms with Crippen molar-refractivity contribution in [3.8, 4) is 5.75 Å². The molecule has 0 radical (unpaired) electrons. The Morgan fingerprint density at radius 2 is 1.74 bits per heavy atom. The molecule has 1 heterocycles. The van der Waals surface area contributed by atoms with E-state index >= 15 is 0 Å². The van der Waals surface area contributed by atoms with Crippen LogP contribution in [0.3, 0.4) is 0 Å². The lowest BCUT2D eigenvalue weighted by atomic mass is 10.0. The van der Waals surface area contributed by atoms with Gasteiger partial charge < -0.3 is 14.7 Å². The second-order valence-electron chi connectivity index (χ2n) is 6.80. The summed E-state index contributed by atoms with van der Waals surface area (Å²) in [6.07, 6.45) is 11.0. The molecule has 1 N–H and O–H groups in total. The van der Waals surface area contributed by atoms with Crippen LogP contribution in [-0.4, -0.2) is 42.9 Å². The molecule has 23 heavy (non-hydrogen) atoms. The number of nitrogens with zero attached hydrogens (tertiary/aromatic N) is 1. The summed E-state index contributed by atoms with van der Waals surface area (Å²) < 4.78 is 5.26. The first-order valence-corrected chi connectivity index (χ1v) is 9.31. The molecule has 0 amide bonds. The van der Waals surface area contributed by atoms with Gasteiger partial charge in [-0.1, -0.05) is 37.8 Å². The molecule has 0 aliphatic carbocycles. The van der Waals surface area contributed by atoms with Crippen molar-refractivity contribution in [1.29, 1.82) is 0 Å². The highest BCUT2D eigenvalue weighted by molar-refractivity contribution is 5.28.